The van der Waals surface area contributed by atoms with E-state index in [-0.39, 0.29) is 17.3 Å². The minimum atomic E-state index is -4.45. The third kappa shape index (κ3) is 3.47. The average molecular weight is 345 g/mol. The average Bonchev–Trinajstić information content (AvgIpc) is 2.97. The molecule has 0 fully saturated rings. The summed E-state index contributed by atoms with van der Waals surface area (Å²) in [7, 11) is 0. The van der Waals surface area contributed by atoms with Crippen LogP contribution in [0.4, 0.5) is 24.7 Å². The molecule has 8 heteroatoms. The zero-order valence-electron chi connectivity index (χ0n) is 12.9. The molecule has 0 aliphatic carbocycles. The SMILES string of the molecule is NC(=Nc1cccc(C(F)(F)F)c1)c1cnn(-c2ccccc2)c1N. The lowest BCUT2D eigenvalue weighted by Gasteiger charge is -2.07. The lowest BCUT2D eigenvalue weighted by Crippen LogP contribution is -2.15. The second kappa shape index (κ2) is 6.31. The van der Waals surface area contributed by atoms with E-state index in [9.17, 15) is 13.2 Å². The molecule has 4 N–H and O–H groups in total. The highest BCUT2D eigenvalue weighted by Crippen LogP contribution is 2.31. The van der Waals surface area contributed by atoms with Crippen molar-refractivity contribution in [1.82, 2.24) is 9.78 Å². The molecule has 0 atom stereocenters. The zero-order chi connectivity index (χ0) is 18.0. The summed E-state index contributed by atoms with van der Waals surface area (Å²) < 4.78 is 39.8. The fraction of sp³-hybridized carbons (Fsp3) is 0.0588. The minimum Gasteiger partial charge on any atom is -0.383 e. The molecule has 3 aromatic rings. The van der Waals surface area contributed by atoms with Gasteiger partial charge in [-0.3, -0.25) is 0 Å². The number of benzene rings is 2. The van der Waals surface area contributed by atoms with E-state index in [0.717, 1.165) is 17.8 Å². The second-order valence-electron chi connectivity index (χ2n) is 5.24. The third-order valence-corrected chi connectivity index (χ3v) is 3.51. The van der Waals surface area contributed by atoms with Crippen LogP contribution in [0.25, 0.3) is 5.69 Å². The highest BCUT2D eigenvalue weighted by Gasteiger charge is 2.30. The second-order valence-corrected chi connectivity index (χ2v) is 5.24. The Labute approximate surface area is 141 Å². The van der Waals surface area contributed by atoms with Crippen LogP contribution < -0.4 is 11.5 Å². The van der Waals surface area contributed by atoms with E-state index in [2.05, 4.69) is 10.1 Å². The van der Waals surface area contributed by atoms with E-state index >= 15 is 0 Å². The molecule has 0 bridgehead atoms. The number of amidine groups is 1. The van der Waals surface area contributed by atoms with Crippen molar-refractivity contribution in [2.75, 3.05) is 5.73 Å². The van der Waals surface area contributed by atoms with Gasteiger partial charge in [-0.1, -0.05) is 24.3 Å². The Morgan fingerprint density at radius 1 is 1.04 bits per heavy atom. The zero-order valence-corrected chi connectivity index (χ0v) is 12.9. The first kappa shape index (κ1) is 16.6. The van der Waals surface area contributed by atoms with Gasteiger partial charge < -0.3 is 11.5 Å². The maximum Gasteiger partial charge on any atom is 0.416 e. The number of aliphatic imine (C=N–C) groups is 1. The van der Waals surface area contributed by atoms with Crippen LogP contribution in [-0.4, -0.2) is 15.6 Å². The first-order valence-electron chi connectivity index (χ1n) is 7.27. The van der Waals surface area contributed by atoms with Crippen molar-refractivity contribution in [3.05, 3.63) is 71.9 Å². The minimum absolute atomic E-state index is 0.0148. The molecule has 3 rings (SSSR count). The fourth-order valence-corrected chi connectivity index (χ4v) is 2.28. The van der Waals surface area contributed by atoms with E-state index in [1.165, 1.54) is 23.0 Å². The molecule has 0 spiro atoms. The summed E-state index contributed by atoms with van der Waals surface area (Å²) in [6.45, 7) is 0. The molecule has 1 aromatic heterocycles. The summed E-state index contributed by atoms with van der Waals surface area (Å²) in [4.78, 5) is 4.03. The molecule has 0 aliphatic heterocycles. The number of alkyl halides is 3. The van der Waals surface area contributed by atoms with Gasteiger partial charge in [0.05, 0.1) is 28.7 Å². The molecule has 0 unspecified atom stereocenters. The van der Waals surface area contributed by atoms with E-state index in [0.29, 0.717) is 5.56 Å². The number of halogens is 3. The van der Waals surface area contributed by atoms with Crippen molar-refractivity contribution in [2.45, 2.75) is 6.18 Å². The number of anilines is 1. The highest BCUT2D eigenvalue weighted by atomic mass is 19.4. The normalized spacial score (nSPS) is 12.4. The van der Waals surface area contributed by atoms with Crippen molar-refractivity contribution in [1.29, 1.82) is 0 Å². The maximum atomic E-state index is 12.8. The Kier molecular flexibility index (Phi) is 4.18. The van der Waals surface area contributed by atoms with Gasteiger partial charge in [0, 0.05) is 0 Å². The van der Waals surface area contributed by atoms with Crippen LogP contribution in [0.2, 0.25) is 0 Å². The maximum absolute atomic E-state index is 12.8. The van der Waals surface area contributed by atoms with E-state index in [1.807, 2.05) is 30.3 Å². The number of rotatable bonds is 3. The van der Waals surface area contributed by atoms with Crippen LogP contribution in [0.15, 0.2) is 65.8 Å². The summed E-state index contributed by atoms with van der Waals surface area (Å²) in [5, 5.41) is 4.16. The Morgan fingerprint density at radius 3 is 2.44 bits per heavy atom. The first-order chi connectivity index (χ1) is 11.9. The Hall–Kier alpha value is -3.29. The quantitative estimate of drug-likeness (QED) is 0.563. The van der Waals surface area contributed by atoms with Crippen LogP contribution in [-0.2, 0) is 6.18 Å². The third-order valence-electron chi connectivity index (χ3n) is 3.51. The Morgan fingerprint density at radius 2 is 1.76 bits per heavy atom. The molecule has 0 amide bonds. The van der Waals surface area contributed by atoms with Crippen LogP contribution >= 0.6 is 0 Å². The first-order valence-corrected chi connectivity index (χ1v) is 7.27. The van der Waals surface area contributed by atoms with Crippen molar-refractivity contribution in [3.8, 4) is 5.69 Å². The van der Waals surface area contributed by atoms with Crippen molar-refractivity contribution < 1.29 is 13.2 Å². The standard InChI is InChI=1S/C17H14F3N5/c18-17(19,20)11-5-4-6-12(9-11)24-15(21)14-10-23-25(16(14)22)13-7-2-1-3-8-13/h1-10H,22H2,(H2,21,24). The largest absolute Gasteiger partial charge is 0.416 e. The molecule has 128 valence electrons. The van der Waals surface area contributed by atoms with Crippen LogP contribution in [0.1, 0.15) is 11.1 Å². The number of hydrogen-bond acceptors (Lipinski definition) is 3. The highest BCUT2D eigenvalue weighted by molar-refractivity contribution is 6.02. The summed E-state index contributed by atoms with van der Waals surface area (Å²) in [6, 6.07) is 13.7. The molecule has 25 heavy (non-hydrogen) atoms. The molecular weight excluding hydrogens is 331 g/mol. The Balaban J connectivity index is 1.95. The molecule has 0 radical (unpaired) electrons. The summed E-state index contributed by atoms with van der Waals surface area (Å²) in [6.07, 6.45) is -3.02. The smallest absolute Gasteiger partial charge is 0.383 e. The van der Waals surface area contributed by atoms with Crippen LogP contribution in [0, 0.1) is 0 Å². The molecule has 0 aliphatic rings. The Bertz CT molecular complexity index is 914. The van der Waals surface area contributed by atoms with Gasteiger partial charge >= 0.3 is 6.18 Å². The van der Waals surface area contributed by atoms with E-state index in [1.54, 1.807) is 0 Å². The van der Waals surface area contributed by atoms with Crippen LogP contribution in [0.5, 0.6) is 0 Å². The van der Waals surface area contributed by atoms with Gasteiger partial charge in [0.2, 0.25) is 0 Å². The van der Waals surface area contributed by atoms with Gasteiger partial charge in [-0.15, -0.1) is 0 Å². The molecule has 0 saturated carbocycles. The number of hydrogen-bond donors (Lipinski definition) is 2. The van der Waals surface area contributed by atoms with E-state index < -0.39 is 11.7 Å². The van der Waals surface area contributed by atoms with Gasteiger partial charge in [0.1, 0.15) is 11.7 Å². The lowest BCUT2D eigenvalue weighted by atomic mass is 10.2. The summed E-state index contributed by atoms with van der Waals surface area (Å²) in [5.74, 6) is 0.235. The topological polar surface area (TPSA) is 82.2 Å². The number of para-hydroxylation sites is 1. The van der Waals surface area contributed by atoms with Gasteiger partial charge in [-0.05, 0) is 30.3 Å². The monoisotopic (exact) mass is 345 g/mol. The van der Waals surface area contributed by atoms with Gasteiger partial charge in [-0.2, -0.15) is 18.3 Å². The summed E-state index contributed by atoms with van der Waals surface area (Å²) >= 11 is 0. The van der Waals surface area contributed by atoms with Crippen molar-refractivity contribution >= 4 is 17.3 Å². The van der Waals surface area contributed by atoms with E-state index in [4.69, 9.17) is 11.5 Å². The number of nitrogens with zero attached hydrogens (tertiary/aromatic N) is 3. The lowest BCUT2D eigenvalue weighted by molar-refractivity contribution is -0.137. The predicted octanol–water partition coefficient (Wildman–Crippen LogP) is 3.51. The van der Waals surface area contributed by atoms with Gasteiger partial charge in [-0.25, -0.2) is 9.67 Å². The fourth-order valence-electron chi connectivity index (χ4n) is 2.28. The number of aromatic nitrogens is 2. The molecule has 5 nitrogen and oxygen atoms in total. The van der Waals surface area contributed by atoms with Gasteiger partial charge in [0.25, 0.3) is 0 Å². The molecular formula is C17H14F3N5. The molecule has 0 saturated heterocycles. The van der Waals surface area contributed by atoms with Gasteiger partial charge in [0.15, 0.2) is 0 Å². The molecule has 2 aromatic carbocycles. The molecule has 1 heterocycles. The van der Waals surface area contributed by atoms with Crippen molar-refractivity contribution in [3.63, 3.8) is 0 Å². The van der Waals surface area contributed by atoms with Crippen LogP contribution in [0.3, 0.4) is 0 Å². The number of nitrogens with two attached hydrogens (primary N) is 2. The van der Waals surface area contributed by atoms with Crippen molar-refractivity contribution in [2.24, 2.45) is 10.7 Å². The number of nitrogen functional groups attached to an aromatic ring is 1. The predicted molar refractivity (Wildman–Crippen MR) is 89.8 cm³/mol. The summed E-state index contributed by atoms with van der Waals surface area (Å²) in [5.41, 5.74) is 12.3.